The molecule has 9 nitrogen and oxygen atoms in total. The number of alkyl halides is 1. The zero-order chi connectivity index (χ0) is 25.9. The van der Waals surface area contributed by atoms with Crippen molar-refractivity contribution in [3.8, 4) is 17.7 Å². The van der Waals surface area contributed by atoms with Crippen molar-refractivity contribution in [1.82, 2.24) is 19.7 Å². The average Bonchev–Trinajstić information content (AvgIpc) is 3.21. The van der Waals surface area contributed by atoms with Crippen LogP contribution in [-0.2, 0) is 9.84 Å². The molecule has 1 saturated heterocycles. The van der Waals surface area contributed by atoms with Gasteiger partial charge in [-0.2, -0.15) is 9.78 Å². The van der Waals surface area contributed by atoms with Crippen molar-refractivity contribution in [3.05, 3.63) is 42.9 Å². The number of sulfone groups is 1. The summed E-state index contributed by atoms with van der Waals surface area (Å²) < 4.78 is 45.0. The van der Waals surface area contributed by atoms with Gasteiger partial charge < -0.3 is 20.3 Å². The largest absolute Gasteiger partial charge is 0.495 e. The number of rotatable bonds is 7. The molecule has 1 aliphatic rings. The van der Waals surface area contributed by atoms with E-state index in [1.165, 1.54) is 23.9 Å². The summed E-state index contributed by atoms with van der Waals surface area (Å²) >= 11 is 0. The van der Waals surface area contributed by atoms with E-state index in [2.05, 4.69) is 39.3 Å². The third-order valence-corrected chi connectivity index (χ3v) is 7.16. The molecule has 1 fully saturated rings. The van der Waals surface area contributed by atoms with Gasteiger partial charge in [-0.3, -0.25) is 4.98 Å². The number of likely N-dealkylation sites (tertiary alicyclic amines) is 1. The molecule has 0 radical (unpaired) electrons. The van der Waals surface area contributed by atoms with Crippen LogP contribution in [0, 0.1) is 12.0 Å². The highest BCUT2D eigenvalue weighted by molar-refractivity contribution is 7.90. The number of ether oxygens (including phenoxy) is 1. The number of hydrogen-bond acceptors (Lipinski definition) is 8. The summed E-state index contributed by atoms with van der Waals surface area (Å²) in [6.07, 6.45) is 5.84. The molecule has 1 aromatic carbocycles. The molecule has 2 atom stereocenters. The van der Waals surface area contributed by atoms with Gasteiger partial charge in [-0.05, 0) is 31.7 Å². The van der Waals surface area contributed by atoms with Crippen molar-refractivity contribution in [2.24, 2.45) is 0 Å². The summed E-state index contributed by atoms with van der Waals surface area (Å²) in [6.45, 7) is 5.33. The molecule has 190 valence electrons. The first-order valence-electron chi connectivity index (χ1n) is 11.4. The number of nitrogens with zero attached hydrogens (tertiary/aromatic N) is 4. The maximum Gasteiger partial charge on any atom is 0.175 e. The molecule has 0 saturated carbocycles. The molecule has 0 spiro atoms. The molecule has 2 aromatic heterocycles. The maximum atomic E-state index is 14.6. The van der Waals surface area contributed by atoms with Gasteiger partial charge in [0.25, 0.3) is 0 Å². The molecule has 0 amide bonds. The summed E-state index contributed by atoms with van der Waals surface area (Å²) in [7, 11) is 0.0440. The van der Waals surface area contributed by atoms with Crippen LogP contribution in [0.4, 0.5) is 15.8 Å². The van der Waals surface area contributed by atoms with Crippen LogP contribution in [0.3, 0.4) is 0 Å². The number of hydrogen-bond donors (Lipinski definition) is 2. The van der Waals surface area contributed by atoms with Crippen LogP contribution in [0.1, 0.15) is 12.1 Å². The number of methoxy groups -OCH3 is 1. The van der Waals surface area contributed by atoms with Crippen LogP contribution in [0.25, 0.3) is 17.0 Å². The summed E-state index contributed by atoms with van der Waals surface area (Å²) in [6, 6.07) is 7.29. The molecule has 11 heteroatoms. The smallest absolute Gasteiger partial charge is 0.175 e. The third kappa shape index (κ3) is 5.45. The van der Waals surface area contributed by atoms with Gasteiger partial charge in [0.15, 0.2) is 9.84 Å². The summed E-state index contributed by atoms with van der Waals surface area (Å²) in [4.78, 5) is 6.46. The molecular formula is C25H29FN6O3S. The Balaban J connectivity index is 1.54. The molecule has 0 unspecified atom stereocenters. The zero-order valence-electron chi connectivity index (χ0n) is 20.5. The SMILES string of the molecule is C=Cc1c2cncc(N[C@@H]3CCN(C)C[C@@H]3F)c2nn1C#CCNc1ccc(S(C)(=O)=O)cc1OC. The fraction of sp³-hybridized carbons (Fsp3) is 0.360. The van der Waals surface area contributed by atoms with Gasteiger partial charge in [0, 0.05) is 43.0 Å². The van der Waals surface area contributed by atoms with Crippen LogP contribution in [0.15, 0.2) is 42.1 Å². The second-order valence-electron chi connectivity index (χ2n) is 8.68. The number of piperidine rings is 1. The highest BCUT2D eigenvalue weighted by atomic mass is 32.2. The lowest BCUT2D eigenvalue weighted by Gasteiger charge is -2.33. The Kier molecular flexibility index (Phi) is 7.47. The van der Waals surface area contributed by atoms with E-state index in [4.69, 9.17) is 4.74 Å². The lowest BCUT2D eigenvalue weighted by atomic mass is 10.0. The van der Waals surface area contributed by atoms with Gasteiger partial charge >= 0.3 is 0 Å². The van der Waals surface area contributed by atoms with Crippen molar-refractivity contribution in [3.63, 3.8) is 0 Å². The number of benzene rings is 1. The maximum absolute atomic E-state index is 14.6. The molecule has 3 aromatic rings. The first-order chi connectivity index (χ1) is 17.2. The lowest BCUT2D eigenvalue weighted by Crippen LogP contribution is -2.46. The molecule has 1 aliphatic heterocycles. The van der Waals surface area contributed by atoms with E-state index in [0.29, 0.717) is 41.3 Å². The Morgan fingerprint density at radius 1 is 1.33 bits per heavy atom. The van der Waals surface area contributed by atoms with Crippen LogP contribution in [0.2, 0.25) is 0 Å². The number of fused-ring (bicyclic) bond motifs is 1. The molecule has 0 aliphatic carbocycles. The Hall–Kier alpha value is -3.62. The Morgan fingerprint density at radius 2 is 2.14 bits per heavy atom. The molecular weight excluding hydrogens is 483 g/mol. The Bertz CT molecular complexity index is 1440. The fourth-order valence-electron chi connectivity index (χ4n) is 4.13. The van der Waals surface area contributed by atoms with Crippen LogP contribution < -0.4 is 15.4 Å². The van der Waals surface area contributed by atoms with Crippen molar-refractivity contribution >= 4 is 38.2 Å². The number of anilines is 2. The van der Waals surface area contributed by atoms with E-state index in [-0.39, 0.29) is 17.5 Å². The quantitative estimate of drug-likeness (QED) is 0.466. The fourth-order valence-corrected chi connectivity index (χ4v) is 4.76. The minimum Gasteiger partial charge on any atom is -0.495 e. The first kappa shape index (κ1) is 25.5. The molecule has 0 bridgehead atoms. The van der Waals surface area contributed by atoms with Gasteiger partial charge in [0.05, 0.1) is 47.9 Å². The van der Waals surface area contributed by atoms with Gasteiger partial charge in [0.2, 0.25) is 0 Å². The number of nitrogens with one attached hydrogen (secondary N) is 2. The summed E-state index contributed by atoms with van der Waals surface area (Å²) in [5, 5.41) is 11.8. The second-order valence-corrected chi connectivity index (χ2v) is 10.7. The Labute approximate surface area is 210 Å². The van der Waals surface area contributed by atoms with Crippen molar-refractivity contribution < 1.29 is 17.5 Å². The van der Waals surface area contributed by atoms with Gasteiger partial charge in [0.1, 0.15) is 17.4 Å². The van der Waals surface area contributed by atoms with Gasteiger partial charge in [-0.25, -0.2) is 12.8 Å². The lowest BCUT2D eigenvalue weighted by molar-refractivity contribution is 0.149. The molecule has 36 heavy (non-hydrogen) atoms. The van der Waals surface area contributed by atoms with Crippen LogP contribution >= 0.6 is 0 Å². The van der Waals surface area contributed by atoms with Crippen molar-refractivity contribution in [2.75, 3.05) is 50.7 Å². The highest BCUT2D eigenvalue weighted by Crippen LogP contribution is 2.28. The van der Waals surface area contributed by atoms with Crippen molar-refractivity contribution in [1.29, 1.82) is 0 Å². The van der Waals surface area contributed by atoms with Gasteiger partial charge in [-0.15, -0.1) is 0 Å². The first-order valence-corrected chi connectivity index (χ1v) is 13.3. The minimum absolute atomic E-state index is 0.173. The Morgan fingerprint density at radius 3 is 2.83 bits per heavy atom. The van der Waals surface area contributed by atoms with E-state index in [1.807, 2.05) is 11.9 Å². The average molecular weight is 513 g/mol. The monoisotopic (exact) mass is 512 g/mol. The predicted molar refractivity (Wildman–Crippen MR) is 140 cm³/mol. The van der Waals surface area contributed by atoms with E-state index in [9.17, 15) is 12.8 Å². The summed E-state index contributed by atoms with van der Waals surface area (Å²) in [5.41, 5.74) is 2.60. The van der Waals surface area contributed by atoms with E-state index in [0.717, 1.165) is 18.2 Å². The second kappa shape index (κ2) is 10.6. The van der Waals surface area contributed by atoms with E-state index < -0.39 is 16.0 Å². The summed E-state index contributed by atoms with van der Waals surface area (Å²) in [5.74, 6) is 3.41. The van der Waals surface area contributed by atoms with Crippen molar-refractivity contribution in [2.45, 2.75) is 23.5 Å². The topological polar surface area (TPSA) is 101 Å². The normalized spacial score (nSPS) is 18.3. The minimum atomic E-state index is -3.34. The van der Waals surface area contributed by atoms with Crippen LogP contribution in [0.5, 0.6) is 5.75 Å². The van der Waals surface area contributed by atoms with Gasteiger partial charge in [-0.1, -0.05) is 12.5 Å². The zero-order valence-corrected chi connectivity index (χ0v) is 21.3. The molecule has 4 rings (SSSR count). The standard InChI is InChI=1S/C25H29FN6O3S/c1-5-23-18-14-27-15-22(29-20-9-12-31(2)16-19(20)26)25(18)30-32(23)11-6-10-28-21-8-7-17(36(4,33)34)13-24(21)35-3/h5,7-8,13-15,19-20,28-29H,1,9-10,12,16H2,2-4H3/t19-,20+/m0/s1. The van der Waals surface area contributed by atoms with Crippen LogP contribution in [-0.4, -0.2) is 80.3 Å². The highest BCUT2D eigenvalue weighted by Gasteiger charge is 2.28. The number of aromatic nitrogens is 3. The number of halogens is 1. The molecule has 3 heterocycles. The van der Waals surface area contributed by atoms with E-state index in [1.54, 1.807) is 24.5 Å². The molecule has 2 N–H and O–H groups in total. The van der Waals surface area contributed by atoms with E-state index >= 15 is 0 Å². The predicted octanol–water partition coefficient (Wildman–Crippen LogP) is 2.86. The third-order valence-electron chi connectivity index (χ3n) is 6.05. The number of pyridine rings is 1.